The molecule has 3 N–H and O–H groups in total. The zero-order valence-electron chi connectivity index (χ0n) is 13.1. The van der Waals surface area contributed by atoms with Crippen molar-refractivity contribution < 1.29 is 24.6 Å². The quantitative estimate of drug-likeness (QED) is 0.601. The normalized spacial score (nSPS) is 12.3. The Labute approximate surface area is 125 Å². The SMILES string of the molecule is CC(C)CN(C(=O)N[C@H](CCCC(=O)O)C(=O)O)C(C)C. The molecule has 21 heavy (non-hydrogen) atoms. The Morgan fingerprint density at radius 2 is 1.67 bits per heavy atom. The highest BCUT2D eigenvalue weighted by Gasteiger charge is 2.24. The van der Waals surface area contributed by atoms with Crippen molar-refractivity contribution in [3.63, 3.8) is 0 Å². The maximum Gasteiger partial charge on any atom is 0.326 e. The van der Waals surface area contributed by atoms with E-state index >= 15 is 0 Å². The third-order valence-electron chi connectivity index (χ3n) is 2.93. The standard InChI is InChI=1S/C14H26N2O5/c1-9(2)8-16(10(3)4)14(21)15-11(13(19)20)6-5-7-12(17)18/h9-11H,5-8H2,1-4H3,(H,15,21)(H,17,18)(H,19,20)/t11-/m1/s1. The van der Waals surface area contributed by atoms with Gasteiger partial charge in [-0.15, -0.1) is 0 Å². The Morgan fingerprint density at radius 1 is 1.10 bits per heavy atom. The first-order valence-electron chi connectivity index (χ1n) is 7.16. The monoisotopic (exact) mass is 302 g/mol. The molecule has 0 aliphatic rings. The minimum absolute atomic E-state index is 0.0409. The second kappa shape index (κ2) is 9.20. The number of aliphatic carboxylic acids is 2. The summed E-state index contributed by atoms with van der Waals surface area (Å²) in [5.41, 5.74) is 0. The zero-order chi connectivity index (χ0) is 16.6. The molecule has 0 saturated heterocycles. The fourth-order valence-corrected chi connectivity index (χ4v) is 1.87. The number of carbonyl (C=O) groups is 3. The average molecular weight is 302 g/mol. The van der Waals surface area contributed by atoms with Gasteiger partial charge in [0.25, 0.3) is 0 Å². The van der Waals surface area contributed by atoms with Gasteiger partial charge >= 0.3 is 18.0 Å². The summed E-state index contributed by atoms with van der Waals surface area (Å²) in [5.74, 6) is -1.86. The van der Waals surface area contributed by atoms with E-state index in [1.165, 1.54) is 0 Å². The van der Waals surface area contributed by atoms with Crippen molar-refractivity contribution in [2.24, 2.45) is 5.92 Å². The molecule has 0 bridgehead atoms. The van der Waals surface area contributed by atoms with Gasteiger partial charge in [-0.1, -0.05) is 13.8 Å². The fraction of sp³-hybridized carbons (Fsp3) is 0.786. The van der Waals surface area contributed by atoms with Gasteiger partial charge in [-0.05, 0) is 32.6 Å². The maximum atomic E-state index is 12.2. The molecular formula is C14H26N2O5. The van der Waals surface area contributed by atoms with Gasteiger partial charge in [0.2, 0.25) is 0 Å². The van der Waals surface area contributed by atoms with Gasteiger partial charge in [-0.2, -0.15) is 0 Å². The number of carboxylic acids is 2. The van der Waals surface area contributed by atoms with Crippen LogP contribution in [0.4, 0.5) is 4.79 Å². The number of hydrogen-bond acceptors (Lipinski definition) is 3. The Morgan fingerprint density at radius 3 is 2.05 bits per heavy atom. The highest BCUT2D eigenvalue weighted by molar-refractivity contribution is 5.82. The molecule has 7 heteroatoms. The van der Waals surface area contributed by atoms with Crippen LogP contribution in [0.2, 0.25) is 0 Å². The molecule has 0 aromatic heterocycles. The highest BCUT2D eigenvalue weighted by Crippen LogP contribution is 2.07. The molecular weight excluding hydrogens is 276 g/mol. The van der Waals surface area contributed by atoms with Gasteiger partial charge in [-0.25, -0.2) is 9.59 Å². The van der Waals surface area contributed by atoms with E-state index < -0.39 is 24.0 Å². The third kappa shape index (κ3) is 8.16. The number of carbonyl (C=O) groups excluding carboxylic acids is 1. The maximum absolute atomic E-state index is 12.2. The largest absolute Gasteiger partial charge is 0.481 e. The summed E-state index contributed by atoms with van der Waals surface area (Å²) in [6.07, 6.45) is 0.193. The Kier molecular flexibility index (Phi) is 8.42. The van der Waals surface area contributed by atoms with E-state index in [-0.39, 0.29) is 31.2 Å². The summed E-state index contributed by atoms with van der Waals surface area (Å²) in [6, 6.07) is -1.53. The van der Waals surface area contributed by atoms with E-state index in [1.54, 1.807) is 4.90 Å². The van der Waals surface area contributed by atoms with Crippen molar-refractivity contribution in [3.8, 4) is 0 Å². The van der Waals surface area contributed by atoms with Crippen LogP contribution in [0, 0.1) is 5.92 Å². The Balaban J connectivity index is 4.63. The van der Waals surface area contributed by atoms with Crippen molar-refractivity contribution >= 4 is 18.0 Å². The number of nitrogens with zero attached hydrogens (tertiary/aromatic N) is 1. The first-order chi connectivity index (χ1) is 9.65. The van der Waals surface area contributed by atoms with Crippen LogP contribution in [0.5, 0.6) is 0 Å². The van der Waals surface area contributed by atoms with E-state index in [4.69, 9.17) is 10.2 Å². The lowest BCUT2D eigenvalue weighted by molar-refractivity contribution is -0.140. The summed E-state index contributed by atoms with van der Waals surface area (Å²) in [7, 11) is 0. The molecule has 0 rings (SSSR count). The number of urea groups is 1. The molecule has 2 amide bonds. The molecule has 0 aliphatic carbocycles. The number of rotatable bonds is 9. The molecule has 122 valence electrons. The summed E-state index contributed by atoms with van der Waals surface area (Å²) in [5, 5.41) is 20.1. The Hall–Kier alpha value is -1.79. The second-order valence-electron chi connectivity index (χ2n) is 5.77. The van der Waals surface area contributed by atoms with E-state index in [9.17, 15) is 14.4 Å². The number of hydrogen-bond donors (Lipinski definition) is 3. The van der Waals surface area contributed by atoms with Crippen LogP contribution in [0.25, 0.3) is 0 Å². The van der Waals surface area contributed by atoms with Crippen molar-refractivity contribution in [2.75, 3.05) is 6.54 Å². The molecule has 7 nitrogen and oxygen atoms in total. The summed E-state index contributed by atoms with van der Waals surface area (Å²) in [4.78, 5) is 35.3. The smallest absolute Gasteiger partial charge is 0.326 e. The van der Waals surface area contributed by atoms with Gasteiger partial charge in [0, 0.05) is 19.0 Å². The predicted molar refractivity (Wildman–Crippen MR) is 78.1 cm³/mol. The van der Waals surface area contributed by atoms with Crippen LogP contribution in [-0.4, -0.2) is 51.7 Å². The highest BCUT2D eigenvalue weighted by atomic mass is 16.4. The first-order valence-corrected chi connectivity index (χ1v) is 7.16. The molecule has 0 fully saturated rings. The van der Waals surface area contributed by atoms with Crippen molar-refractivity contribution in [1.29, 1.82) is 0 Å². The van der Waals surface area contributed by atoms with Crippen molar-refractivity contribution in [2.45, 2.75) is 59.0 Å². The number of carboxylic acid groups (broad SMARTS) is 2. The van der Waals surface area contributed by atoms with Gasteiger partial charge in [0.1, 0.15) is 6.04 Å². The number of amides is 2. The lowest BCUT2D eigenvalue weighted by atomic mass is 10.1. The fourth-order valence-electron chi connectivity index (χ4n) is 1.87. The Bertz CT molecular complexity index is 368. The molecule has 1 atom stereocenters. The minimum atomic E-state index is -1.15. The van der Waals surface area contributed by atoms with Crippen LogP contribution >= 0.6 is 0 Å². The molecule has 0 saturated carbocycles. The van der Waals surface area contributed by atoms with Gasteiger partial charge < -0.3 is 20.4 Å². The first kappa shape index (κ1) is 19.2. The minimum Gasteiger partial charge on any atom is -0.481 e. The van der Waals surface area contributed by atoms with Crippen LogP contribution in [0.1, 0.15) is 47.0 Å². The lowest BCUT2D eigenvalue weighted by Gasteiger charge is -2.30. The summed E-state index contributed by atoms with van der Waals surface area (Å²) in [6.45, 7) is 8.21. The molecule has 0 heterocycles. The van der Waals surface area contributed by atoms with Gasteiger partial charge in [0.05, 0.1) is 0 Å². The van der Waals surface area contributed by atoms with Crippen LogP contribution in [0.3, 0.4) is 0 Å². The average Bonchev–Trinajstić information content (AvgIpc) is 2.33. The molecule has 0 aromatic rings. The number of nitrogens with one attached hydrogen (secondary N) is 1. The van der Waals surface area contributed by atoms with E-state index in [0.717, 1.165) is 0 Å². The van der Waals surface area contributed by atoms with E-state index in [0.29, 0.717) is 6.54 Å². The zero-order valence-corrected chi connectivity index (χ0v) is 13.1. The van der Waals surface area contributed by atoms with Gasteiger partial charge in [0.15, 0.2) is 0 Å². The van der Waals surface area contributed by atoms with E-state index in [1.807, 2.05) is 27.7 Å². The lowest BCUT2D eigenvalue weighted by Crippen LogP contribution is -2.51. The summed E-state index contributed by atoms with van der Waals surface area (Å²) >= 11 is 0. The van der Waals surface area contributed by atoms with Crippen molar-refractivity contribution in [3.05, 3.63) is 0 Å². The van der Waals surface area contributed by atoms with Crippen LogP contribution in [0.15, 0.2) is 0 Å². The third-order valence-corrected chi connectivity index (χ3v) is 2.93. The molecule has 0 aliphatic heterocycles. The molecule has 0 aromatic carbocycles. The van der Waals surface area contributed by atoms with Crippen LogP contribution in [-0.2, 0) is 9.59 Å². The molecule has 0 spiro atoms. The molecule has 0 radical (unpaired) electrons. The molecule has 0 unspecified atom stereocenters. The van der Waals surface area contributed by atoms with E-state index in [2.05, 4.69) is 5.32 Å². The summed E-state index contributed by atoms with van der Waals surface area (Å²) < 4.78 is 0. The topological polar surface area (TPSA) is 107 Å². The van der Waals surface area contributed by atoms with Crippen molar-refractivity contribution in [1.82, 2.24) is 10.2 Å². The predicted octanol–water partition coefficient (Wildman–Crippen LogP) is 1.77. The second-order valence-corrected chi connectivity index (χ2v) is 5.77. The van der Waals surface area contributed by atoms with Crippen LogP contribution < -0.4 is 5.32 Å². The van der Waals surface area contributed by atoms with Gasteiger partial charge in [-0.3, -0.25) is 4.79 Å².